The molecule has 1 rings (SSSR count). The van der Waals surface area contributed by atoms with Crippen molar-refractivity contribution in [1.82, 2.24) is 4.98 Å². The van der Waals surface area contributed by atoms with Gasteiger partial charge in [0, 0.05) is 24.1 Å². The molecule has 0 saturated heterocycles. The molecule has 0 atom stereocenters. The van der Waals surface area contributed by atoms with Crippen LogP contribution in [0.1, 0.15) is 26.5 Å². The molecule has 0 radical (unpaired) electrons. The van der Waals surface area contributed by atoms with Gasteiger partial charge in [-0.3, -0.25) is 4.79 Å². The third-order valence-corrected chi connectivity index (χ3v) is 3.26. The fourth-order valence-corrected chi connectivity index (χ4v) is 2.03. The quantitative estimate of drug-likeness (QED) is 0.346. The lowest BCUT2D eigenvalue weighted by Gasteiger charge is -2.06. The zero-order valence-corrected chi connectivity index (χ0v) is 12.8. The number of ether oxygens (including phenoxy) is 1. The van der Waals surface area contributed by atoms with Crippen molar-refractivity contribution >= 4 is 45.8 Å². The summed E-state index contributed by atoms with van der Waals surface area (Å²) in [6.07, 6.45) is 0. The summed E-state index contributed by atoms with van der Waals surface area (Å²) in [6.45, 7) is 5.22. The summed E-state index contributed by atoms with van der Waals surface area (Å²) in [4.78, 5) is 31.9. The van der Waals surface area contributed by atoms with Crippen molar-refractivity contribution in [2.24, 2.45) is 5.16 Å². The molecule has 0 N–H and O–H groups in total. The lowest BCUT2D eigenvalue weighted by atomic mass is 10.3. The number of oxime groups is 1. The Morgan fingerprint density at radius 3 is 2.70 bits per heavy atom. The van der Waals surface area contributed by atoms with Gasteiger partial charge in [-0.1, -0.05) is 5.16 Å². The molecule has 0 saturated carbocycles. The van der Waals surface area contributed by atoms with Gasteiger partial charge in [0.2, 0.25) is 16.8 Å². The number of thiazole rings is 1. The number of halogens is 1. The van der Waals surface area contributed by atoms with Crippen LogP contribution in [0.25, 0.3) is 0 Å². The molecule has 0 aromatic carbocycles. The Bertz CT molecular complexity index is 518. The molecule has 9 heteroatoms. The van der Waals surface area contributed by atoms with E-state index in [2.05, 4.69) is 10.1 Å². The van der Waals surface area contributed by atoms with Crippen LogP contribution in [0.4, 0.5) is 5.13 Å². The molecule has 1 aromatic rings. The molecule has 0 fully saturated rings. The number of aromatic nitrogens is 1. The first-order valence-corrected chi connectivity index (χ1v) is 7.02. The minimum absolute atomic E-state index is 0.0650. The second-order valence-corrected chi connectivity index (χ2v) is 4.57. The molecule has 20 heavy (non-hydrogen) atoms. The second kappa shape index (κ2) is 7.81. The molecular formula is C11H14ClN3O4S. The highest BCUT2D eigenvalue weighted by atomic mass is 35.5. The number of anilines is 1. The van der Waals surface area contributed by atoms with Crippen LogP contribution in [0.3, 0.4) is 0 Å². The maximum atomic E-state index is 11.8. The van der Waals surface area contributed by atoms with Crippen LogP contribution >= 0.6 is 23.1 Å². The summed E-state index contributed by atoms with van der Waals surface area (Å²) in [5, 5.41) is 5.47. The van der Waals surface area contributed by atoms with Crippen molar-refractivity contribution in [2.45, 2.75) is 20.8 Å². The van der Waals surface area contributed by atoms with E-state index in [1.54, 1.807) is 19.2 Å². The van der Waals surface area contributed by atoms with E-state index in [0.29, 0.717) is 6.61 Å². The Labute approximate surface area is 125 Å². The number of hydrogen-bond donors (Lipinski definition) is 0. The number of hydrogen-bond acceptors (Lipinski definition) is 7. The number of carbonyl (C=O) groups is 2. The normalized spacial score (nSPS) is 11.1. The fraction of sp³-hybridized carbons (Fsp3) is 0.455. The van der Waals surface area contributed by atoms with Crippen molar-refractivity contribution in [3.05, 3.63) is 11.1 Å². The molecule has 1 heterocycles. The van der Waals surface area contributed by atoms with Gasteiger partial charge in [0.05, 0.1) is 6.61 Å². The molecule has 1 amide bonds. The van der Waals surface area contributed by atoms with Crippen LogP contribution in [-0.2, 0) is 19.2 Å². The van der Waals surface area contributed by atoms with Crippen LogP contribution in [0.5, 0.6) is 0 Å². The van der Waals surface area contributed by atoms with E-state index in [-0.39, 0.29) is 29.1 Å². The highest BCUT2D eigenvalue weighted by Crippen LogP contribution is 2.23. The maximum Gasteiger partial charge on any atom is 0.362 e. The van der Waals surface area contributed by atoms with Gasteiger partial charge in [-0.25, -0.2) is 9.78 Å². The van der Waals surface area contributed by atoms with Gasteiger partial charge in [-0.15, -0.1) is 11.3 Å². The fourth-order valence-electron chi connectivity index (χ4n) is 1.12. The predicted molar refractivity (Wildman–Crippen MR) is 75.9 cm³/mol. The van der Waals surface area contributed by atoms with Crippen LogP contribution in [0.15, 0.2) is 10.5 Å². The van der Waals surface area contributed by atoms with Crippen LogP contribution in [0.2, 0.25) is 0 Å². The topological polar surface area (TPSA) is 81.1 Å². The zero-order valence-electron chi connectivity index (χ0n) is 11.3. The highest BCUT2D eigenvalue weighted by molar-refractivity contribution is 7.14. The maximum absolute atomic E-state index is 11.8. The van der Waals surface area contributed by atoms with Gasteiger partial charge in [0.25, 0.3) is 0 Å². The number of nitrogens with zero attached hydrogens (tertiary/aromatic N) is 3. The average molecular weight is 320 g/mol. The van der Waals surface area contributed by atoms with Gasteiger partial charge in [-0.2, -0.15) is 4.42 Å². The van der Waals surface area contributed by atoms with Gasteiger partial charge < -0.3 is 9.57 Å². The Morgan fingerprint density at radius 2 is 2.15 bits per heavy atom. The zero-order chi connectivity index (χ0) is 15.1. The summed E-state index contributed by atoms with van der Waals surface area (Å²) in [5.74, 6) is -1.03. The van der Waals surface area contributed by atoms with E-state index in [1.807, 2.05) is 0 Å². The van der Waals surface area contributed by atoms with E-state index < -0.39 is 5.97 Å². The Morgan fingerprint density at radius 1 is 1.45 bits per heavy atom. The standard InChI is InChI=1S/C11H14ClN3O4S/c1-4-18-10(17)9(14-19-5-2)8-6-20-11(13-8)15(12)7(3)16/h6H,4-5H2,1-3H3/b14-9-. The largest absolute Gasteiger partial charge is 0.461 e. The van der Waals surface area contributed by atoms with Gasteiger partial charge >= 0.3 is 5.97 Å². The molecule has 0 spiro atoms. The Balaban J connectivity index is 3.03. The summed E-state index contributed by atoms with van der Waals surface area (Å²) in [6, 6.07) is 0. The number of esters is 1. The minimum atomic E-state index is -0.651. The minimum Gasteiger partial charge on any atom is -0.461 e. The summed E-state index contributed by atoms with van der Waals surface area (Å²) in [5.41, 5.74) is 0.175. The van der Waals surface area contributed by atoms with Crippen LogP contribution in [-0.4, -0.2) is 35.8 Å². The van der Waals surface area contributed by atoms with Gasteiger partial charge in [0.15, 0.2) is 0 Å². The van der Waals surface area contributed by atoms with E-state index in [0.717, 1.165) is 15.8 Å². The highest BCUT2D eigenvalue weighted by Gasteiger charge is 2.22. The van der Waals surface area contributed by atoms with E-state index >= 15 is 0 Å². The van der Waals surface area contributed by atoms with Crippen LogP contribution in [0, 0.1) is 0 Å². The van der Waals surface area contributed by atoms with Crippen molar-refractivity contribution in [1.29, 1.82) is 0 Å². The van der Waals surface area contributed by atoms with Gasteiger partial charge in [-0.05, 0) is 13.8 Å². The summed E-state index contributed by atoms with van der Waals surface area (Å²) in [7, 11) is 0. The lowest BCUT2D eigenvalue weighted by molar-refractivity contribution is -0.135. The van der Waals surface area contributed by atoms with Crippen molar-refractivity contribution in [3.8, 4) is 0 Å². The van der Waals surface area contributed by atoms with Gasteiger partial charge in [0.1, 0.15) is 12.3 Å². The summed E-state index contributed by atoms with van der Waals surface area (Å²) >= 11 is 6.85. The Hall–Kier alpha value is -1.67. The number of amides is 1. The molecule has 0 aliphatic carbocycles. The number of carbonyl (C=O) groups excluding carboxylic acids is 2. The van der Waals surface area contributed by atoms with E-state index in [4.69, 9.17) is 21.4 Å². The molecule has 0 aliphatic heterocycles. The third kappa shape index (κ3) is 4.17. The molecule has 0 bridgehead atoms. The predicted octanol–water partition coefficient (Wildman–Crippen LogP) is 1.95. The first kappa shape index (κ1) is 16.4. The van der Waals surface area contributed by atoms with E-state index in [1.165, 1.54) is 6.92 Å². The smallest absolute Gasteiger partial charge is 0.362 e. The average Bonchev–Trinajstić information content (AvgIpc) is 2.88. The third-order valence-electron chi connectivity index (χ3n) is 1.93. The molecular weight excluding hydrogens is 306 g/mol. The SMILES string of the molecule is CCO/N=C(\C(=O)OCC)c1csc(N(Cl)C(C)=O)n1. The summed E-state index contributed by atoms with van der Waals surface area (Å²) < 4.78 is 5.73. The molecule has 7 nitrogen and oxygen atoms in total. The first-order valence-electron chi connectivity index (χ1n) is 5.80. The first-order chi connectivity index (χ1) is 9.51. The lowest BCUT2D eigenvalue weighted by Crippen LogP contribution is -2.21. The number of rotatable bonds is 6. The van der Waals surface area contributed by atoms with Crippen molar-refractivity contribution in [3.63, 3.8) is 0 Å². The molecule has 1 aromatic heterocycles. The Kier molecular flexibility index (Phi) is 6.40. The van der Waals surface area contributed by atoms with Crippen molar-refractivity contribution in [2.75, 3.05) is 17.6 Å². The molecule has 110 valence electrons. The molecule has 0 aliphatic rings. The van der Waals surface area contributed by atoms with Crippen molar-refractivity contribution < 1.29 is 19.2 Å². The monoisotopic (exact) mass is 319 g/mol. The second-order valence-electron chi connectivity index (χ2n) is 3.39. The molecule has 0 unspecified atom stereocenters. The van der Waals surface area contributed by atoms with E-state index in [9.17, 15) is 9.59 Å². The van der Waals surface area contributed by atoms with Crippen LogP contribution < -0.4 is 4.42 Å².